The van der Waals surface area contributed by atoms with Crippen molar-refractivity contribution in [3.05, 3.63) is 48.0 Å². The second kappa shape index (κ2) is 7.92. The topological polar surface area (TPSA) is 75.6 Å². The van der Waals surface area contributed by atoms with Gasteiger partial charge in [0.25, 0.3) is 0 Å². The Labute approximate surface area is 136 Å². The predicted octanol–water partition coefficient (Wildman–Crippen LogP) is 1.95. The highest BCUT2D eigenvalue weighted by molar-refractivity contribution is 5.83. The number of rotatable bonds is 6. The minimum absolute atomic E-state index is 0.104. The number of benzene rings is 1. The third-order valence-corrected chi connectivity index (χ3v) is 4.10. The molecule has 2 rings (SSSR count). The maximum Gasteiger partial charge on any atom is 0.337 e. The van der Waals surface area contributed by atoms with Crippen molar-refractivity contribution in [2.45, 2.75) is 38.9 Å². The number of carbonyl (C=O) groups is 2. The number of aliphatic hydroxyl groups excluding tert-OH is 1. The number of amides is 1. The molecule has 0 heterocycles. The highest BCUT2D eigenvalue weighted by Gasteiger charge is 2.33. The number of hydrogen-bond acceptors (Lipinski definition) is 4. The minimum atomic E-state index is -1.36. The molecule has 1 aromatic carbocycles. The molecular formula is C18H23NO4. The van der Waals surface area contributed by atoms with Gasteiger partial charge in [0.1, 0.15) is 6.61 Å². The Balaban J connectivity index is 1.75. The van der Waals surface area contributed by atoms with E-state index in [2.05, 4.69) is 11.4 Å². The van der Waals surface area contributed by atoms with Crippen LogP contribution in [0.2, 0.25) is 0 Å². The largest absolute Gasteiger partial charge is 0.459 e. The lowest BCUT2D eigenvalue weighted by Gasteiger charge is -2.29. The van der Waals surface area contributed by atoms with Gasteiger partial charge in [-0.15, -0.1) is 0 Å². The van der Waals surface area contributed by atoms with Gasteiger partial charge in [0.05, 0.1) is 12.0 Å². The van der Waals surface area contributed by atoms with Crippen molar-refractivity contribution >= 4 is 11.9 Å². The second-order valence-electron chi connectivity index (χ2n) is 6.09. The lowest BCUT2D eigenvalue weighted by molar-refractivity contribution is -0.154. The number of aliphatic hydroxyl groups is 1. The molecular weight excluding hydrogens is 294 g/mol. The number of carbonyl (C=O) groups excluding carboxylic acids is 2. The first-order valence-corrected chi connectivity index (χ1v) is 7.83. The Kier molecular flexibility index (Phi) is 5.93. The molecule has 0 saturated heterocycles. The van der Waals surface area contributed by atoms with Crippen LogP contribution in [0, 0.1) is 5.41 Å². The van der Waals surface area contributed by atoms with Crippen LogP contribution in [0.1, 0.15) is 31.7 Å². The van der Waals surface area contributed by atoms with E-state index >= 15 is 0 Å². The molecule has 0 spiro atoms. The molecule has 1 aliphatic carbocycles. The highest BCUT2D eigenvalue weighted by Crippen LogP contribution is 2.32. The number of hydrogen-bond donors (Lipinski definition) is 2. The van der Waals surface area contributed by atoms with Crippen LogP contribution in [-0.2, 0) is 20.9 Å². The lowest BCUT2D eigenvalue weighted by atomic mass is 9.78. The Morgan fingerprint density at radius 3 is 2.70 bits per heavy atom. The molecule has 0 fully saturated rings. The summed E-state index contributed by atoms with van der Waals surface area (Å²) in [5.74, 6) is -0.875. The Morgan fingerprint density at radius 1 is 1.30 bits per heavy atom. The Morgan fingerprint density at radius 2 is 2.04 bits per heavy atom. The first-order chi connectivity index (χ1) is 11.0. The monoisotopic (exact) mass is 317 g/mol. The van der Waals surface area contributed by atoms with Crippen LogP contribution < -0.4 is 5.32 Å². The summed E-state index contributed by atoms with van der Waals surface area (Å²) in [6.07, 6.45) is 5.01. The first-order valence-electron chi connectivity index (χ1n) is 7.83. The lowest BCUT2D eigenvalue weighted by Crippen LogP contribution is -2.44. The normalized spacial score (nSPS) is 21.5. The molecule has 2 N–H and O–H groups in total. The summed E-state index contributed by atoms with van der Waals surface area (Å²) >= 11 is 0. The van der Waals surface area contributed by atoms with Crippen LogP contribution in [-0.4, -0.2) is 29.6 Å². The zero-order chi connectivity index (χ0) is 16.7. The van der Waals surface area contributed by atoms with E-state index in [0.29, 0.717) is 6.42 Å². The molecule has 0 radical (unpaired) electrons. The van der Waals surface area contributed by atoms with E-state index in [-0.39, 0.29) is 19.1 Å². The van der Waals surface area contributed by atoms with Crippen LogP contribution in [0.15, 0.2) is 42.5 Å². The zero-order valence-electron chi connectivity index (χ0n) is 13.3. The van der Waals surface area contributed by atoms with E-state index in [9.17, 15) is 14.7 Å². The molecule has 1 aromatic rings. The summed E-state index contributed by atoms with van der Waals surface area (Å²) in [6, 6.07) is 9.23. The van der Waals surface area contributed by atoms with Crippen molar-refractivity contribution in [3.8, 4) is 0 Å². The Hall–Kier alpha value is -2.14. The van der Waals surface area contributed by atoms with Crippen LogP contribution >= 0.6 is 0 Å². The fourth-order valence-electron chi connectivity index (χ4n) is 2.48. The van der Waals surface area contributed by atoms with Gasteiger partial charge in [-0.05, 0) is 24.8 Å². The predicted molar refractivity (Wildman–Crippen MR) is 86.4 cm³/mol. The third-order valence-electron chi connectivity index (χ3n) is 4.10. The van der Waals surface area contributed by atoms with Gasteiger partial charge >= 0.3 is 5.97 Å². The molecule has 0 aliphatic heterocycles. The van der Waals surface area contributed by atoms with E-state index in [1.165, 1.54) is 0 Å². The first kappa shape index (κ1) is 17.2. The van der Waals surface area contributed by atoms with Crippen molar-refractivity contribution in [1.82, 2.24) is 5.32 Å². The average Bonchev–Trinajstić information content (AvgIpc) is 2.58. The molecule has 23 heavy (non-hydrogen) atoms. The number of ether oxygens (including phenoxy) is 1. The summed E-state index contributed by atoms with van der Waals surface area (Å²) in [5.41, 5.74) is 0.376. The fourth-order valence-corrected chi connectivity index (χ4v) is 2.48. The second-order valence-corrected chi connectivity index (χ2v) is 6.09. The van der Waals surface area contributed by atoms with Gasteiger partial charge in [-0.25, -0.2) is 4.79 Å². The molecule has 124 valence electrons. The van der Waals surface area contributed by atoms with Gasteiger partial charge in [-0.2, -0.15) is 0 Å². The molecule has 0 unspecified atom stereocenters. The van der Waals surface area contributed by atoms with Gasteiger partial charge in [-0.3, -0.25) is 4.79 Å². The quantitative estimate of drug-likeness (QED) is 0.621. The van der Waals surface area contributed by atoms with Crippen LogP contribution in [0.25, 0.3) is 0 Å². The third kappa shape index (κ3) is 4.93. The van der Waals surface area contributed by atoms with Gasteiger partial charge in [0, 0.05) is 0 Å². The minimum Gasteiger partial charge on any atom is -0.459 e. The molecule has 0 saturated carbocycles. The van der Waals surface area contributed by atoms with E-state index in [4.69, 9.17) is 4.74 Å². The fraction of sp³-hybridized carbons (Fsp3) is 0.444. The van der Waals surface area contributed by atoms with Gasteiger partial charge in [-0.1, -0.05) is 49.4 Å². The van der Waals surface area contributed by atoms with Crippen molar-refractivity contribution in [3.63, 3.8) is 0 Å². The summed E-state index contributed by atoms with van der Waals surface area (Å²) in [7, 11) is 0. The van der Waals surface area contributed by atoms with Gasteiger partial charge in [0.15, 0.2) is 6.10 Å². The standard InChI is InChI=1S/C18H23NO4/c1-18(10-6-3-7-11-18)17(22)19-12-15(20)16(21)23-13-14-8-4-2-5-9-14/h2-6,8-9,15,20H,7,10-13H2,1H3,(H,19,22)/t15-,18-/m1/s1. The summed E-state index contributed by atoms with van der Waals surface area (Å²) in [5, 5.41) is 12.5. The van der Waals surface area contributed by atoms with Crippen molar-refractivity contribution < 1.29 is 19.4 Å². The van der Waals surface area contributed by atoms with Gasteiger partial charge < -0.3 is 15.2 Å². The van der Waals surface area contributed by atoms with Crippen molar-refractivity contribution in [2.75, 3.05) is 6.54 Å². The number of esters is 1. The SMILES string of the molecule is C[C@@]1(C(=O)NC[C@@H](O)C(=O)OCc2ccccc2)CC=CCC1. The summed E-state index contributed by atoms with van der Waals surface area (Å²) in [6.45, 7) is 1.87. The zero-order valence-corrected chi connectivity index (χ0v) is 13.3. The van der Waals surface area contributed by atoms with Crippen LogP contribution in [0.4, 0.5) is 0 Å². The summed E-state index contributed by atoms with van der Waals surface area (Å²) in [4.78, 5) is 24.0. The molecule has 2 atom stereocenters. The van der Waals surface area contributed by atoms with Gasteiger partial charge in [0.2, 0.25) is 5.91 Å². The number of nitrogens with one attached hydrogen (secondary N) is 1. The maximum atomic E-state index is 12.2. The van der Waals surface area contributed by atoms with Crippen LogP contribution in [0.5, 0.6) is 0 Å². The number of allylic oxidation sites excluding steroid dienone is 2. The summed E-state index contributed by atoms with van der Waals surface area (Å²) < 4.78 is 5.04. The molecule has 5 nitrogen and oxygen atoms in total. The average molecular weight is 317 g/mol. The molecule has 0 bridgehead atoms. The van der Waals surface area contributed by atoms with Crippen molar-refractivity contribution in [1.29, 1.82) is 0 Å². The Bertz CT molecular complexity index is 570. The molecule has 1 amide bonds. The molecule has 5 heteroatoms. The smallest absolute Gasteiger partial charge is 0.337 e. The highest BCUT2D eigenvalue weighted by atomic mass is 16.5. The maximum absolute atomic E-state index is 12.2. The van der Waals surface area contributed by atoms with E-state index in [0.717, 1.165) is 18.4 Å². The van der Waals surface area contributed by atoms with E-state index < -0.39 is 17.5 Å². The van der Waals surface area contributed by atoms with E-state index in [1.54, 1.807) is 0 Å². The van der Waals surface area contributed by atoms with E-state index in [1.807, 2.05) is 43.3 Å². The van der Waals surface area contributed by atoms with Crippen LogP contribution in [0.3, 0.4) is 0 Å². The van der Waals surface area contributed by atoms with Crippen molar-refractivity contribution in [2.24, 2.45) is 5.41 Å². The molecule has 0 aromatic heterocycles. The molecule has 1 aliphatic rings.